The Kier molecular flexibility index (Phi) is 3.13. The highest BCUT2D eigenvalue weighted by atomic mass is 19.1. The fourth-order valence-electron chi connectivity index (χ4n) is 0.849. The van der Waals surface area contributed by atoms with E-state index in [0.29, 0.717) is 0 Å². The van der Waals surface area contributed by atoms with Gasteiger partial charge < -0.3 is 4.74 Å². The molecule has 72 valence electrons. The maximum absolute atomic E-state index is 13.1. The van der Waals surface area contributed by atoms with E-state index in [1.807, 2.05) is 0 Å². The second-order valence-corrected chi connectivity index (χ2v) is 2.39. The number of carbonyl (C=O) groups is 1. The molecule has 0 saturated heterocycles. The molecule has 0 N–H and O–H groups in total. The highest BCUT2D eigenvalue weighted by Crippen LogP contribution is 2.07. The Labute approximate surface area is 79.9 Å². The molecule has 1 aromatic rings. The molecule has 5 heteroatoms. The van der Waals surface area contributed by atoms with Gasteiger partial charge in [0.15, 0.2) is 11.5 Å². The maximum atomic E-state index is 13.1. The largest absolute Gasteiger partial charge is 0.461 e. The van der Waals surface area contributed by atoms with E-state index in [2.05, 4.69) is 9.72 Å². The summed E-state index contributed by atoms with van der Waals surface area (Å²) >= 11 is 0. The van der Waals surface area contributed by atoms with Crippen LogP contribution < -0.4 is 0 Å². The molecular weight excluding hydrogens is 187 g/mol. The number of pyridine rings is 1. The van der Waals surface area contributed by atoms with E-state index < -0.39 is 17.5 Å². The van der Waals surface area contributed by atoms with Crippen LogP contribution in [-0.2, 0) is 4.74 Å². The predicted molar refractivity (Wildman–Crippen MR) is 44.9 cm³/mol. The fourth-order valence-corrected chi connectivity index (χ4v) is 0.849. The summed E-state index contributed by atoms with van der Waals surface area (Å²) in [5, 5.41) is 8.42. The molecule has 0 atom stereocenters. The summed E-state index contributed by atoms with van der Waals surface area (Å²) in [5.41, 5.74) is -0.332. The van der Waals surface area contributed by atoms with E-state index in [1.165, 1.54) is 0 Å². The second-order valence-electron chi connectivity index (χ2n) is 2.39. The third-order valence-corrected chi connectivity index (χ3v) is 1.44. The van der Waals surface area contributed by atoms with Gasteiger partial charge in [-0.3, -0.25) is 0 Å². The average molecular weight is 194 g/mol. The van der Waals surface area contributed by atoms with Crippen molar-refractivity contribution < 1.29 is 13.9 Å². The van der Waals surface area contributed by atoms with Gasteiger partial charge in [-0.25, -0.2) is 14.2 Å². The van der Waals surface area contributed by atoms with Gasteiger partial charge in [0.25, 0.3) is 0 Å². The third-order valence-electron chi connectivity index (χ3n) is 1.44. The molecule has 14 heavy (non-hydrogen) atoms. The number of aromatic nitrogens is 1. The van der Waals surface area contributed by atoms with Crippen LogP contribution >= 0.6 is 0 Å². The molecule has 1 aromatic heterocycles. The van der Waals surface area contributed by atoms with Gasteiger partial charge in [-0.2, -0.15) is 5.26 Å². The standard InChI is InChI=1S/C9H7FN2O2/c1-2-14-9(13)8-7(10)3-6(4-11)5-12-8/h3,5H,2H2,1H3. The number of nitrogens with zero attached hydrogens (tertiary/aromatic N) is 2. The smallest absolute Gasteiger partial charge is 0.359 e. The van der Waals surface area contributed by atoms with Crippen LogP contribution in [0.15, 0.2) is 12.3 Å². The molecular formula is C9H7FN2O2. The minimum atomic E-state index is -0.845. The zero-order chi connectivity index (χ0) is 10.6. The van der Waals surface area contributed by atoms with Crippen molar-refractivity contribution in [1.82, 2.24) is 4.98 Å². The Bertz CT molecular complexity index is 398. The van der Waals surface area contributed by atoms with Gasteiger partial charge in [0.1, 0.15) is 6.07 Å². The number of esters is 1. The van der Waals surface area contributed by atoms with E-state index in [9.17, 15) is 9.18 Å². The molecule has 0 aliphatic rings. The maximum Gasteiger partial charge on any atom is 0.359 e. The molecule has 0 fully saturated rings. The normalized spacial score (nSPS) is 9.21. The van der Waals surface area contributed by atoms with Crippen molar-refractivity contribution in [3.05, 3.63) is 29.3 Å². The topological polar surface area (TPSA) is 63.0 Å². The Morgan fingerprint density at radius 1 is 1.79 bits per heavy atom. The lowest BCUT2D eigenvalue weighted by atomic mass is 10.2. The highest BCUT2D eigenvalue weighted by molar-refractivity contribution is 5.87. The minimum Gasteiger partial charge on any atom is -0.461 e. The van der Waals surface area contributed by atoms with Crippen LogP contribution in [0.2, 0.25) is 0 Å². The lowest BCUT2D eigenvalue weighted by Gasteiger charge is -2.01. The Hall–Kier alpha value is -1.96. The van der Waals surface area contributed by atoms with Crippen LogP contribution in [0.5, 0.6) is 0 Å². The molecule has 0 aliphatic heterocycles. The van der Waals surface area contributed by atoms with Crippen LogP contribution in [0.1, 0.15) is 23.0 Å². The predicted octanol–water partition coefficient (Wildman–Crippen LogP) is 1.27. The van der Waals surface area contributed by atoms with Crippen molar-refractivity contribution in [2.75, 3.05) is 6.61 Å². The first kappa shape index (κ1) is 10.1. The van der Waals surface area contributed by atoms with E-state index in [1.54, 1.807) is 13.0 Å². The number of nitriles is 1. The van der Waals surface area contributed by atoms with Crippen molar-refractivity contribution in [3.8, 4) is 6.07 Å². The number of carbonyl (C=O) groups excluding carboxylic acids is 1. The zero-order valence-corrected chi connectivity index (χ0v) is 7.45. The first-order chi connectivity index (χ1) is 6.69. The zero-order valence-electron chi connectivity index (χ0n) is 7.45. The molecule has 0 saturated carbocycles. The van der Waals surface area contributed by atoms with Crippen molar-refractivity contribution in [3.63, 3.8) is 0 Å². The van der Waals surface area contributed by atoms with Gasteiger partial charge >= 0.3 is 5.97 Å². The van der Waals surface area contributed by atoms with Gasteiger partial charge in [-0.1, -0.05) is 0 Å². The molecule has 4 nitrogen and oxygen atoms in total. The van der Waals surface area contributed by atoms with Gasteiger partial charge in [0.05, 0.1) is 12.2 Å². The summed E-state index contributed by atoms with van der Waals surface area (Å²) < 4.78 is 17.7. The molecule has 0 aliphatic carbocycles. The molecule has 0 aromatic carbocycles. The summed E-state index contributed by atoms with van der Waals surface area (Å²) in [7, 11) is 0. The van der Waals surface area contributed by atoms with E-state index >= 15 is 0 Å². The summed E-state index contributed by atoms with van der Waals surface area (Å²) in [6, 6.07) is 2.66. The molecule has 1 heterocycles. The lowest BCUT2D eigenvalue weighted by Crippen LogP contribution is -2.09. The van der Waals surface area contributed by atoms with Crippen molar-refractivity contribution in [2.24, 2.45) is 0 Å². The summed E-state index contributed by atoms with van der Waals surface area (Å²) in [6.45, 7) is 1.76. The van der Waals surface area contributed by atoms with Crippen LogP contribution in [0.3, 0.4) is 0 Å². The monoisotopic (exact) mass is 194 g/mol. The van der Waals surface area contributed by atoms with Crippen LogP contribution in [0.4, 0.5) is 4.39 Å². The minimum absolute atomic E-state index is 0.0653. The lowest BCUT2D eigenvalue weighted by molar-refractivity contribution is 0.0513. The Balaban J connectivity index is 3.01. The van der Waals surface area contributed by atoms with Gasteiger partial charge in [0, 0.05) is 6.20 Å². The number of halogens is 1. The fraction of sp³-hybridized carbons (Fsp3) is 0.222. The molecule has 1 rings (SSSR count). The van der Waals surface area contributed by atoms with Crippen LogP contribution in [-0.4, -0.2) is 17.6 Å². The summed E-state index contributed by atoms with van der Waals surface area (Å²) in [4.78, 5) is 14.6. The van der Waals surface area contributed by atoms with Gasteiger partial charge in [0.2, 0.25) is 0 Å². The second kappa shape index (κ2) is 4.33. The van der Waals surface area contributed by atoms with Crippen molar-refractivity contribution in [2.45, 2.75) is 6.92 Å². The SMILES string of the molecule is CCOC(=O)c1ncc(C#N)cc1F. The molecule has 0 amide bonds. The van der Waals surface area contributed by atoms with Crippen LogP contribution in [0.25, 0.3) is 0 Å². The Morgan fingerprint density at radius 2 is 2.50 bits per heavy atom. The molecule has 0 radical (unpaired) electrons. The van der Waals surface area contributed by atoms with E-state index in [4.69, 9.17) is 5.26 Å². The summed E-state index contributed by atoms with van der Waals surface area (Å²) in [6.07, 6.45) is 1.12. The first-order valence-corrected chi connectivity index (χ1v) is 3.91. The number of ether oxygens (including phenoxy) is 1. The summed E-state index contributed by atoms with van der Waals surface area (Å²) in [5.74, 6) is -1.67. The van der Waals surface area contributed by atoms with Gasteiger partial charge in [-0.15, -0.1) is 0 Å². The van der Waals surface area contributed by atoms with E-state index in [0.717, 1.165) is 12.3 Å². The quantitative estimate of drug-likeness (QED) is 0.665. The molecule has 0 spiro atoms. The first-order valence-electron chi connectivity index (χ1n) is 3.91. The van der Waals surface area contributed by atoms with Gasteiger partial charge in [-0.05, 0) is 13.0 Å². The van der Waals surface area contributed by atoms with Crippen LogP contribution in [0, 0.1) is 17.1 Å². The number of hydrogen-bond acceptors (Lipinski definition) is 4. The molecule has 0 bridgehead atoms. The highest BCUT2D eigenvalue weighted by Gasteiger charge is 2.14. The van der Waals surface area contributed by atoms with Crippen molar-refractivity contribution in [1.29, 1.82) is 5.26 Å². The third kappa shape index (κ3) is 2.04. The average Bonchev–Trinajstić information content (AvgIpc) is 2.17. The Morgan fingerprint density at radius 3 is 3.00 bits per heavy atom. The van der Waals surface area contributed by atoms with Crippen molar-refractivity contribution >= 4 is 5.97 Å². The molecule has 0 unspecified atom stereocenters. The number of hydrogen-bond donors (Lipinski definition) is 0. The van der Waals surface area contributed by atoms with E-state index in [-0.39, 0.29) is 12.2 Å². The number of rotatable bonds is 2.